The van der Waals surface area contributed by atoms with E-state index in [4.69, 9.17) is 9.47 Å². The molecule has 0 atom stereocenters. The predicted molar refractivity (Wildman–Crippen MR) is 48.7 cm³/mol. The Morgan fingerprint density at radius 2 is 1.45 bits per heavy atom. The molecule has 70 valence electrons. The van der Waals surface area contributed by atoms with Gasteiger partial charge in [0.2, 0.25) is 0 Å². The molecule has 0 aromatic heterocycles. The van der Waals surface area contributed by atoms with Crippen LogP contribution in [0.15, 0.2) is 0 Å². The van der Waals surface area contributed by atoms with Gasteiger partial charge in [0.25, 0.3) is 0 Å². The van der Waals surface area contributed by atoms with Crippen molar-refractivity contribution in [2.75, 3.05) is 14.2 Å². The minimum atomic E-state index is -0.366. The highest BCUT2D eigenvalue weighted by atomic mass is 16.7. The van der Waals surface area contributed by atoms with Crippen molar-refractivity contribution in [2.24, 2.45) is 0 Å². The zero-order valence-corrected chi connectivity index (χ0v) is 8.73. The van der Waals surface area contributed by atoms with Crippen molar-refractivity contribution in [2.45, 2.75) is 46.3 Å². The molecular weight excluding hydrogens is 140 g/mol. The quantitative estimate of drug-likeness (QED) is 0.592. The second-order valence-corrected chi connectivity index (χ2v) is 2.29. The summed E-state index contributed by atoms with van der Waals surface area (Å²) in [6.45, 7) is 8.05. The van der Waals surface area contributed by atoms with Crippen LogP contribution in [0.5, 0.6) is 0 Å². The molecule has 0 saturated heterocycles. The Morgan fingerprint density at radius 1 is 1.09 bits per heavy atom. The molecule has 0 rings (SSSR count). The fourth-order valence-corrected chi connectivity index (χ4v) is 0.742. The van der Waals surface area contributed by atoms with Crippen LogP contribution >= 0.6 is 0 Å². The number of hydrogen-bond donors (Lipinski definition) is 0. The monoisotopic (exact) mass is 162 g/mol. The molecule has 0 N–H and O–H groups in total. The summed E-state index contributed by atoms with van der Waals surface area (Å²) in [5.41, 5.74) is 0. The lowest BCUT2D eigenvalue weighted by atomic mass is 10.2. The van der Waals surface area contributed by atoms with Gasteiger partial charge in [0.15, 0.2) is 5.79 Å². The van der Waals surface area contributed by atoms with Crippen LogP contribution in [0.1, 0.15) is 40.5 Å². The van der Waals surface area contributed by atoms with E-state index >= 15 is 0 Å². The predicted octanol–water partition coefficient (Wildman–Crippen LogP) is 2.82. The third kappa shape index (κ3) is 6.32. The van der Waals surface area contributed by atoms with Gasteiger partial charge in [-0.3, -0.25) is 0 Å². The van der Waals surface area contributed by atoms with E-state index in [9.17, 15) is 0 Å². The molecular formula is C9H22O2. The Kier molecular flexibility index (Phi) is 9.85. The van der Waals surface area contributed by atoms with E-state index in [1.807, 2.05) is 20.8 Å². The van der Waals surface area contributed by atoms with E-state index in [0.29, 0.717) is 0 Å². The highest BCUT2D eigenvalue weighted by Crippen LogP contribution is 2.16. The molecule has 0 aliphatic rings. The van der Waals surface area contributed by atoms with E-state index in [0.717, 1.165) is 12.8 Å². The van der Waals surface area contributed by atoms with Crippen molar-refractivity contribution in [1.29, 1.82) is 0 Å². The van der Waals surface area contributed by atoms with Crippen molar-refractivity contribution < 1.29 is 9.47 Å². The molecule has 0 heterocycles. The van der Waals surface area contributed by atoms with Crippen molar-refractivity contribution in [3.05, 3.63) is 0 Å². The average Bonchev–Trinajstić information content (AvgIpc) is 2.08. The number of methoxy groups -OCH3 is 2. The molecule has 0 radical (unpaired) electrons. The van der Waals surface area contributed by atoms with Crippen LogP contribution in [0.4, 0.5) is 0 Å². The van der Waals surface area contributed by atoms with Crippen LogP contribution in [0, 0.1) is 0 Å². The zero-order chi connectivity index (χ0) is 9.33. The van der Waals surface area contributed by atoms with Crippen LogP contribution in [0.3, 0.4) is 0 Å². The van der Waals surface area contributed by atoms with Gasteiger partial charge in [-0.15, -0.1) is 0 Å². The first-order valence-electron chi connectivity index (χ1n) is 4.29. The first-order valence-corrected chi connectivity index (χ1v) is 4.29. The standard InChI is InChI=1S/C7H16O2.C2H6/c1-5-6-7(2,8-3)9-4;1-2/h5-6H2,1-4H3;1-2H3. The molecule has 0 fully saturated rings. The van der Waals surface area contributed by atoms with Gasteiger partial charge in [-0.1, -0.05) is 27.2 Å². The van der Waals surface area contributed by atoms with Gasteiger partial charge in [-0.05, 0) is 6.92 Å². The van der Waals surface area contributed by atoms with Gasteiger partial charge in [0.1, 0.15) is 0 Å². The highest BCUT2D eigenvalue weighted by Gasteiger charge is 2.20. The lowest BCUT2D eigenvalue weighted by molar-refractivity contribution is -0.197. The van der Waals surface area contributed by atoms with Crippen LogP contribution in [0.2, 0.25) is 0 Å². The minimum absolute atomic E-state index is 0.366. The normalized spacial score (nSPS) is 10.4. The molecule has 2 nitrogen and oxygen atoms in total. The Balaban J connectivity index is 0. The van der Waals surface area contributed by atoms with Crippen molar-refractivity contribution in [1.82, 2.24) is 0 Å². The molecule has 0 unspecified atom stereocenters. The Hall–Kier alpha value is -0.0800. The van der Waals surface area contributed by atoms with E-state index in [1.165, 1.54) is 0 Å². The maximum absolute atomic E-state index is 5.11. The molecule has 0 aliphatic heterocycles. The fraction of sp³-hybridized carbons (Fsp3) is 1.00. The molecule has 0 spiro atoms. The van der Waals surface area contributed by atoms with Gasteiger partial charge in [0.05, 0.1) is 0 Å². The van der Waals surface area contributed by atoms with Gasteiger partial charge >= 0.3 is 0 Å². The highest BCUT2D eigenvalue weighted by molar-refractivity contribution is 4.58. The molecule has 0 aliphatic carbocycles. The largest absolute Gasteiger partial charge is 0.353 e. The SMILES string of the molecule is CC.CCCC(C)(OC)OC. The minimum Gasteiger partial charge on any atom is -0.353 e. The Labute approximate surface area is 70.9 Å². The topological polar surface area (TPSA) is 18.5 Å². The summed E-state index contributed by atoms with van der Waals surface area (Å²) in [5, 5.41) is 0. The maximum atomic E-state index is 5.11. The molecule has 0 aromatic carbocycles. The second-order valence-electron chi connectivity index (χ2n) is 2.29. The summed E-state index contributed by atoms with van der Waals surface area (Å²) in [6, 6.07) is 0. The van der Waals surface area contributed by atoms with Crippen LogP contribution in [0.25, 0.3) is 0 Å². The summed E-state index contributed by atoms with van der Waals surface area (Å²) in [6.07, 6.45) is 2.03. The van der Waals surface area contributed by atoms with E-state index in [2.05, 4.69) is 6.92 Å². The van der Waals surface area contributed by atoms with Gasteiger partial charge in [-0.25, -0.2) is 0 Å². The zero-order valence-electron chi connectivity index (χ0n) is 8.73. The summed E-state index contributed by atoms with van der Waals surface area (Å²) < 4.78 is 10.2. The van der Waals surface area contributed by atoms with Gasteiger partial charge in [0, 0.05) is 20.6 Å². The first kappa shape index (κ1) is 13.5. The second kappa shape index (κ2) is 8.02. The van der Waals surface area contributed by atoms with E-state index in [1.54, 1.807) is 14.2 Å². The lowest BCUT2D eigenvalue weighted by Gasteiger charge is -2.25. The number of rotatable bonds is 4. The molecule has 2 heteroatoms. The summed E-state index contributed by atoms with van der Waals surface area (Å²) >= 11 is 0. The molecule has 11 heavy (non-hydrogen) atoms. The first-order chi connectivity index (χ1) is 5.18. The summed E-state index contributed by atoms with van der Waals surface area (Å²) in [4.78, 5) is 0. The third-order valence-electron chi connectivity index (χ3n) is 1.57. The fourth-order valence-electron chi connectivity index (χ4n) is 0.742. The molecule has 0 bridgehead atoms. The van der Waals surface area contributed by atoms with Crippen LogP contribution in [-0.2, 0) is 9.47 Å². The summed E-state index contributed by atoms with van der Waals surface area (Å²) in [7, 11) is 3.33. The summed E-state index contributed by atoms with van der Waals surface area (Å²) in [5.74, 6) is -0.366. The molecule has 0 aromatic rings. The molecule has 0 amide bonds. The lowest BCUT2D eigenvalue weighted by Crippen LogP contribution is -2.28. The maximum Gasteiger partial charge on any atom is 0.164 e. The van der Waals surface area contributed by atoms with Crippen molar-refractivity contribution in [3.8, 4) is 0 Å². The molecule has 0 saturated carbocycles. The smallest absolute Gasteiger partial charge is 0.164 e. The number of ether oxygens (including phenoxy) is 2. The van der Waals surface area contributed by atoms with Crippen molar-refractivity contribution >= 4 is 0 Å². The van der Waals surface area contributed by atoms with E-state index in [-0.39, 0.29) is 5.79 Å². The Morgan fingerprint density at radius 3 is 1.55 bits per heavy atom. The number of hydrogen-bond acceptors (Lipinski definition) is 2. The van der Waals surface area contributed by atoms with Gasteiger partial charge in [-0.2, -0.15) is 0 Å². The Bertz CT molecular complexity index is 68.0. The van der Waals surface area contributed by atoms with Crippen LogP contribution < -0.4 is 0 Å². The third-order valence-corrected chi connectivity index (χ3v) is 1.57. The van der Waals surface area contributed by atoms with Crippen molar-refractivity contribution in [3.63, 3.8) is 0 Å². The van der Waals surface area contributed by atoms with E-state index < -0.39 is 0 Å². The van der Waals surface area contributed by atoms with Crippen LogP contribution in [-0.4, -0.2) is 20.0 Å². The average molecular weight is 162 g/mol. The van der Waals surface area contributed by atoms with Gasteiger partial charge < -0.3 is 9.47 Å².